The third-order valence-corrected chi connectivity index (χ3v) is 3.74. The van der Waals surface area contributed by atoms with E-state index in [-0.39, 0.29) is 12.4 Å². The van der Waals surface area contributed by atoms with E-state index in [4.69, 9.17) is 21.1 Å². The van der Waals surface area contributed by atoms with Crippen LogP contribution in [0.1, 0.15) is 35.6 Å². The molecule has 0 N–H and O–H groups in total. The Balaban J connectivity index is 1.85. The predicted octanol–water partition coefficient (Wildman–Crippen LogP) is 4.27. The molecule has 0 fully saturated rings. The SMILES string of the molecule is CC(C)=C1Oc2cccc(OCc3cccc(CCl)n3)c2C1=O. The lowest BCUT2D eigenvalue weighted by Crippen LogP contribution is -2.04. The Labute approximate surface area is 139 Å². The Hall–Kier alpha value is -2.33. The number of fused-ring (bicyclic) bond motifs is 1. The summed E-state index contributed by atoms with van der Waals surface area (Å²) in [5, 5.41) is 0. The van der Waals surface area contributed by atoms with Gasteiger partial charge in [0.05, 0.1) is 17.3 Å². The molecule has 3 rings (SSSR count). The summed E-state index contributed by atoms with van der Waals surface area (Å²) in [4.78, 5) is 16.9. The molecule has 0 atom stereocenters. The molecule has 0 unspecified atom stereocenters. The first kappa shape index (κ1) is 15.6. The molecule has 1 aromatic heterocycles. The van der Waals surface area contributed by atoms with Crippen LogP contribution in [-0.2, 0) is 12.5 Å². The smallest absolute Gasteiger partial charge is 0.235 e. The number of carbonyl (C=O) groups excluding carboxylic acids is 1. The summed E-state index contributed by atoms with van der Waals surface area (Å²) in [7, 11) is 0. The maximum atomic E-state index is 12.5. The van der Waals surface area contributed by atoms with Crippen LogP contribution >= 0.6 is 11.6 Å². The average molecular weight is 330 g/mol. The van der Waals surface area contributed by atoms with Crippen molar-refractivity contribution in [3.63, 3.8) is 0 Å². The van der Waals surface area contributed by atoms with Gasteiger partial charge in [0, 0.05) is 0 Å². The van der Waals surface area contributed by atoms with E-state index in [0.29, 0.717) is 28.7 Å². The van der Waals surface area contributed by atoms with E-state index in [1.54, 1.807) is 18.2 Å². The molecule has 0 saturated carbocycles. The number of nitrogens with zero attached hydrogens (tertiary/aromatic N) is 1. The molecule has 4 nitrogen and oxygen atoms in total. The molecule has 0 aliphatic carbocycles. The van der Waals surface area contributed by atoms with Gasteiger partial charge in [-0.1, -0.05) is 12.1 Å². The summed E-state index contributed by atoms with van der Waals surface area (Å²) in [6.07, 6.45) is 0. The van der Waals surface area contributed by atoms with Crippen LogP contribution in [-0.4, -0.2) is 10.8 Å². The second-order valence-electron chi connectivity index (χ2n) is 5.43. The fourth-order valence-corrected chi connectivity index (χ4v) is 2.52. The number of alkyl halides is 1. The van der Waals surface area contributed by atoms with Gasteiger partial charge in [0.2, 0.25) is 5.78 Å². The minimum Gasteiger partial charge on any atom is -0.486 e. The topological polar surface area (TPSA) is 48.4 Å². The fourth-order valence-electron chi connectivity index (χ4n) is 2.37. The molecule has 0 radical (unpaired) electrons. The first-order chi connectivity index (χ1) is 11.1. The highest BCUT2D eigenvalue weighted by atomic mass is 35.5. The van der Waals surface area contributed by atoms with Crippen molar-refractivity contribution in [1.82, 2.24) is 4.98 Å². The summed E-state index contributed by atoms with van der Waals surface area (Å²) in [5.41, 5.74) is 2.86. The third-order valence-electron chi connectivity index (χ3n) is 3.46. The normalized spacial score (nSPS) is 12.8. The molecular formula is C18H16ClNO3. The second-order valence-corrected chi connectivity index (χ2v) is 5.70. The van der Waals surface area contributed by atoms with Gasteiger partial charge < -0.3 is 9.47 Å². The Morgan fingerprint density at radius 2 is 1.91 bits per heavy atom. The number of allylic oxidation sites excluding steroid dienone is 2. The number of halogens is 1. The third kappa shape index (κ3) is 3.08. The molecule has 1 aromatic carbocycles. The van der Waals surface area contributed by atoms with Crippen LogP contribution in [0, 0.1) is 0 Å². The van der Waals surface area contributed by atoms with Gasteiger partial charge >= 0.3 is 0 Å². The van der Waals surface area contributed by atoms with Crippen molar-refractivity contribution in [2.45, 2.75) is 26.3 Å². The van der Waals surface area contributed by atoms with E-state index in [2.05, 4.69) is 4.98 Å². The van der Waals surface area contributed by atoms with Crippen LogP contribution in [0.25, 0.3) is 0 Å². The largest absolute Gasteiger partial charge is 0.486 e. The van der Waals surface area contributed by atoms with Crippen molar-refractivity contribution in [2.75, 3.05) is 0 Å². The number of pyridine rings is 1. The molecule has 2 aromatic rings. The monoisotopic (exact) mass is 329 g/mol. The Morgan fingerprint density at radius 3 is 2.65 bits per heavy atom. The van der Waals surface area contributed by atoms with Gasteiger partial charge in [0.1, 0.15) is 23.7 Å². The number of aromatic nitrogens is 1. The zero-order chi connectivity index (χ0) is 16.4. The highest BCUT2D eigenvalue weighted by Gasteiger charge is 2.31. The molecule has 23 heavy (non-hydrogen) atoms. The molecule has 1 aliphatic rings. The summed E-state index contributed by atoms with van der Waals surface area (Å²) in [6.45, 7) is 3.96. The summed E-state index contributed by atoms with van der Waals surface area (Å²) >= 11 is 5.79. The lowest BCUT2D eigenvalue weighted by Gasteiger charge is -2.08. The quantitative estimate of drug-likeness (QED) is 0.621. The van der Waals surface area contributed by atoms with Crippen LogP contribution in [0.5, 0.6) is 11.5 Å². The van der Waals surface area contributed by atoms with E-state index >= 15 is 0 Å². The van der Waals surface area contributed by atoms with Gasteiger partial charge in [0.15, 0.2) is 5.76 Å². The van der Waals surface area contributed by atoms with Gasteiger partial charge in [-0.15, -0.1) is 11.6 Å². The van der Waals surface area contributed by atoms with Crippen LogP contribution < -0.4 is 9.47 Å². The lowest BCUT2D eigenvalue weighted by atomic mass is 10.1. The fraction of sp³-hybridized carbons (Fsp3) is 0.222. The predicted molar refractivity (Wildman–Crippen MR) is 87.9 cm³/mol. The van der Waals surface area contributed by atoms with E-state index in [1.165, 1.54) is 0 Å². The first-order valence-electron chi connectivity index (χ1n) is 7.26. The van der Waals surface area contributed by atoms with Gasteiger partial charge in [-0.2, -0.15) is 0 Å². The van der Waals surface area contributed by atoms with Gasteiger partial charge in [-0.05, 0) is 43.7 Å². The molecule has 1 aliphatic heterocycles. The van der Waals surface area contributed by atoms with E-state index in [1.807, 2.05) is 32.0 Å². The molecule has 0 spiro atoms. The Morgan fingerprint density at radius 1 is 1.17 bits per heavy atom. The number of benzene rings is 1. The Kier molecular flexibility index (Phi) is 4.35. The maximum absolute atomic E-state index is 12.5. The standard InChI is InChI=1S/C18H16ClNO3/c1-11(2)18-17(21)16-14(7-4-8-15(16)23-18)22-10-13-6-3-5-12(9-19)20-13/h3-8H,9-10H2,1-2H3. The highest BCUT2D eigenvalue weighted by molar-refractivity contribution is 6.16. The number of hydrogen-bond donors (Lipinski definition) is 0. The summed E-state index contributed by atoms with van der Waals surface area (Å²) in [6, 6.07) is 10.9. The minimum atomic E-state index is -0.141. The number of ether oxygens (including phenoxy) is 2. The van der Waals surface area contributed by atoms with Gasteiger partial charge in [0.25, 0.3) is 0 Å². The average Bonchev–Trinajstić information content (AvgIpc) is 2.91. The lowest BCUT2D eigenvalue weighted by molar-refractivity contribution is 0.101. The minimum absolute atomic E-state index is 0.141. The highest BCUT2D eigenvalue weighted by Crippen LogP contribution is 2.38. The number of ketones is 1. The van der Waals surface area contributed by atoms with Crippen LogP contribution in [0.15, 0.2) is 47.7 Å². The molecule has 2 heterocycles. The molecule has 0 bridgehead atoms. The van der Waals surface area contributed by atoms with Crippen LogP contribution in [0.4, 0.5) is 0 Å². The molecule has 118 valence electrons. The van der Waals surface area contributed by atoms with Crippen molar-refractivity contribution in [3.05, 3.63) is 64.7 Å². The maximum Gasteiger partial charge on any atom is 0.235 e. The van der Waals surface area contributed by atoms with Crippen LogP contribution in [0.3, 0.4) is 0 Å². The zero-order valence-electron chi connectivity index (χ0n) is 12.9. The molecular weight excluding hydrogens is 314 g/mol. The number of Topliss-reactive ketones (excluding diaryl/α,β-unsaturated/α-hetero) is 1. The van der Waals surface area contributed by atoms with Crippen molar-refractivity contribution in [2.24, 2.45) is 0 Å². The van der Waals surface area contributed by atoms with Crippen molar-refractivity contribution in [3.8, 4) is 11.5 Å². The van der Waals surface area contributed by atoms with Crippen molar-refractivity contribution >= 4 is 17.4 Å². The molecule has 5 heteroatoms. The number of rotatable bonds is 4. The van der Waals surface area contributed by atoms with E-state index in [0.717, 1.165) is 17.0 Å². The van der Waals surface area contributed by atoms with Gasteiger partial charge in [-0.3, -0.25) is 9.78 Å². The number of hydrogen-bond acceptors (Lipinski definition) is 4. The molecule has 0 amide bonds. The van der Waals surface area contributed by atoms with Gasteiger partial charge in [-0.25, -0.2) is 0 Å². The first-order valence-corrected chi connectivity index (χ1v) is 7.80. The van der Waals surface area contributed by atoms with Crippen molar-refractivity contribution < 1.29 is 14.3 Å². The van der Waals surface area contributed by atoms with E-state index in [9.17, 15) is 4.79 Å². The van der Waals surface area contributed by atoms with Crippen molar-refractivity contribution in [1.29, 1.82) is 0 Å². The Bertz CT molecular complexity index is 795. The summed E-state index contributed by atoms with van der Waals surface area (Å²) < 4.78 is 11.4. The molecule has 0 saturated heterocycles. The second kappa shape index (κ2) is 6.42. The summed E-state index contributed by atoms with van der Waals surface area (Å²) in [5.74, 6) is 1.62. The number of carbonyl (C=O) groups is 1. The van der Waals surface area contributed by atoms with Crippen LogP contribution in [0.2, 0.25) is 0 Å². The van der Waals surface area contributed by atoms with E-state index < -0.39 is 0 Å². The zero-order valence-corrected chi connectivity index (χ0v) is 13.7.